The fourth-order valence-corrected chi connectivity index (χ4v) is 4.04. The summed E-state index contributed by atoms with van der Waals surface area (Å²) in [7, 11) is -3.86. The van der Waals surface area contributed by atoms with Crippen molar-refractivity contribution in [2.45, 2.75) is 11.8 Å². The van der Waals surface area contributed by atoms with Crippen LogP contribution >= 0.6 is 0 Å². The molecule has 0 aromatic heterocycles. The number of nitrogens with one attached hydrogen (secondary N) is 2. The van der Waals surface area contributed by atoms with E-state index in [-0.39, 0.29) is 20.8 Å². The normalized spacial score (nSPS) is 11.8. The van der Waals surface area contributed by atoms with Crippen LogP contribution in [0.25, 0.3) is 0 Å². The third-order valence-corrected chi connectivity index (χ3v) is 6.37. The van der Waals surface area contributed by atoms with Crippen LogP contribution in [0.1, 0.15) is 6.92 Å². The van der Waals surface area contributed by atoms with Crippen molar-refractivity contribution < 1.29 is 25.1 Å². The minimum absolute atomic E-state index is 0.0141. The Labute approximate surface area is 141 Å². The summed E-state index contributed by atoms with van der Waals surface area (Å²) in [5, 5.41) is 2.53. The Morgan fingerprint density at radius 1 is 0.958 bits per heavy atom. The van der Waals surface area contributed by atoms with Gasteiger partial charge in [0.2, 0.25) is 0 Å². The van der Waals surface area contributed by atoms with Crippen LogP contribution in [-0.2, 0) is 18.6 Å². The summed E-state index contributed by atoms with van der Waals surface area (Å²) in [6.07, 6.45) is 0. The van der Waals surface area contributed by atoms with E-state index in [4.69, 9.17) is 8.19 Å². The molecule has 0 aliphatic carbocycles. The molecule has 2 aromatic rings. The molecule has 4 N–H and O–H groups in total. The van der Waals surface area contributed by atoms with Gasteiger partial charge < -0.3 is 0 Å². The van der Waals surface area contributed by atoms with Crippen LogP contribution in [0.15, 0.2) is 53.4 Å². The van der Waals surface area contributed by atoms with Gasteiger partial charge in [-0.25, -0.2) is 0 Å². The Morgan fingerprint density at radius 3 is 1.92 bits per heavy atom. The molecule has 0 bridgehead atoms. The third-order valence-electron chi connectivity index (χ3n) is 2.94. The monoisotopic (exact) mass is 414 g/mol. The SMILES string of the molecule is CC(=O)Nc1ccc(S(=O)(=O)Nc2ccc([As](=O)(O)O)cc2)cc1. The molecule has 0 heterocycles. The predicted octanol–water partition coefficient (Wildman–Crippen LogP) is 0.00680. The van der Waals surface area contributed by atoms with E-state index in [0.29, 0.717) is 5.69 Å². The molecule has 0 radical (unpaired) electrons. The topological polar surface area (TPSA) is 133 Å². The molecule has 0 aliphatic rings. The standard InChI is InChI=1S/C14H15AsN2O6S/c1-10(18)16-12-6-8-14(9-7-12)24(22,23)17-13-4-2-11(3-5-13)15(19,20)21/h2-9,17H,1H3,(H,16,18)(H2,19,20,21). The van der Waals surface area contributed by atoms with Gasteiger partial charge in [-0.15, -0.1) is 0 Å². The van der Waals surface area contributed by atoms with Gasteiger partial charge in [0.15, 0.2) is 0 Å². The molecule has 10 heteroatoms. The Kier molecular flexibility index (Phi) is 5.19. The number of amides is 1. The first-order valence-corrected chi connectivity index (χ1v) is 11.5. The van der Waals surface area contributed by atoms with Gasteiger partial charge in [0.1, 0.15) is 0 Å². The molecule has 2 aromatic carbocycles. The van der Waals surface area contributed by atoms with Crippen molar-refractivity contribution in [3.8, 4) is 0 Å². The number of carbonyl (C=O) groups is 1. The molecule has 8 nitrogen and oxygen atoms in total. The number of carbonyl (C=O) groups excluding carboxylic acids is 1. The van der Waals surface area contributed by atoms with Gasteiger partial charge in [-0.3, -0.25) is 4.79 Å². The average molecular weight is 414 g/mol. The number of benzene rings is 2. The molecule has 2 rings (SSSR count). The fraction of sp³-hybridized carbons (Fsp3) is 0.0714. The van der Waals surface area contributed by atoms with Gasteiger partial charge in [0.05, 0.1) is 0 Å². The molecular formula is C14H15AsN2O6S. The summed E-state index contributed by atoms with van der Waals surface area (Å²) in [5.74, 6) is -0.268. The second kappa shape index (κ2) is 6.82. The Hall–Kier alpha value is -2.06. The second-order valence-corrected chi connectivity index (χ2v) is 9.95. The van der Waals surface area contributed by atoms with Crippen LogP contribution in [0.2, 0.25) is 0 Å². The zero-order valence-electron chi connectivity index (χ0n) is 12.5. The van der Waals surface area contributed by atoms with Gasteiger partial charge in [0, 0.05) is 6.92 Å². The van der Waals surface area contributed by atoms with Crippen LogP contribution in [-0.4, -0.2) is 36.7 Å². The molecule has 24 heavy (non-hydrogen) atoms. The Bertz CT molecular complexity index is 888. The van der Waals surface area contributed by atoms with Crippen LogP contribution < -0.4 is 14.4 Å². The van der Waals surface area contributed by atoms with E-state index in [9.17, 15) is 17.0 Å². The average Bonchev–Trinajstić information content (AvgIpc) is 2.46. The first kappa shape index (κ1) is 18.3. The maximum absolute atomic E-state index is 12.3. The summed E-state index contributed by atoms with van der Waals surface area (Å²) in [6.45, 7) is 1.34. The van der Waals surface area contributed by atoms with Crippen LogP contribution in [0.3, 0.4) is 0 Å². The van der Waals surface area contributed by atoms with Crippen LogP contribution in [0, 0.1) is 0 Å². The number of hydrogen-bond donors (Lipinski definition) is 4. The van der Waals surface area contributed by atoms with Crippen LogP contribution in [0.5, 0.6) is 0 Å². The van der Waals surface area contributed by atoms with Gasteiger partial charge in [-0.1, -0.05) is 0 Å². The van der Waals surface area contributed by atoms with Crippen molar-refractivity contribution in [1.29, 1.82) is 0 Å². The molecular weight excluding hydrogens is 399 g/mol. The summed E-state index contributed by atoms with van der Waals surface area (Å²) in [4.78, 5) is 10.9. The third kappa shape index (κ3) is 4.72. The van der Waals surface area contributed by atoms with Gasteiger partial charge >= 0.3 is 130 Å². The molecule has 0 aliphatic heterocycles. The van der Waals surface area contributed by atoms with E-state index >= 15 is 0 Å². The quantitative estimate of drug-likeness (QED) is 0.510. The predicted molar refractivity (Wildman–Crippen MR) is 88.5 cm³/mol. The van der Waals surface area contributed by atoms with Crippen molar-refractivity contribution in [2.75, 3.05) is 10.0 Å². The van der Waals surface area contributed by atoms with Crippen LogP contribution in [0.4, 0.5) is 11.4 Å². The molecule has 0 unspecified atom stereocenters. The molecule has 0 atom stereocenters. The van der Waals surface area contributed by atoms with Gasteiger partial charge in [-0.05, 0) is 0 Å². The van der Waals surface area contributed by atoms with Crippen molar-refractivity contribution in [3.63, 3.8) is 0 Å². The second-order valence-electron chi connectivity index (χ2n) is 4.90. The Balaban J connectivity index is 2.19. The zero-order chi connectivity index (χ0) is 18.0. The molecule has 1 amide bonds. The van der Waals surface area contributed by atoms with Crippen molar-refractivity contribution in [3.05, 3.63) is 48.5 Å². The first-order chi connectivity index (χ1) is 11.1. The van der Waals surface area contributed by atoms with Crippen molar-refractivity contribution in [2.24, 2.45) is 0 Å². The minimum atomic E-state index is -5.00. The number of rotatable bonds is 5. The molecule has 0 saturated heterocycles. The van der Waals surface area contributed by atoms with Gasteiger partial charge in [-0.2, -0.15) is 0 Å². The number of hydrogen-bond acceptors (Lipinski definition) is 4. The van der Waals surface area contributed by atoms with E-state index in [1.165, 1.54) is 55.5 Å². The van der Waals surface area contributed by atoms with E-state index in [0.717, 1.165) is 0 Å². The first-order valence-electron chi connectivity index (χ1n) is 6.64. The van der Waals surface area contributed by atoms with E-state index in [1.807, 2.05) is 0 Å². The zero-order valence-corrected chi connectivity index (χ0v) is 15.2. The van der Waals surface area contributed by atoms with Crippen molar-refractivity contribution in [1.82, 2.24) is 0 Å². The molecule has 0 fully saturated rings. The number of anilines is 2. The van der Waals surface area contributed by atoms with E-state index < -0.39 is 24.2 Å². The summed E-state index contributed by atoms with van der Waals surface area (Å²) >= 11 is -5.00. The maximum atomic E-state index is 12.3. The number of sulfonamides is 1. The molecule has 128 valence electrons. The summed E-state index contributed by atoms with van der Waals surface area (Å²) in [5.41, 5.74) is 0.642. The van der Waals surface area contributed by atoms with Crippen molar-refractivity contribution >= 4 is 45.8 Å². The van der Waals surface area contributed by atoms with Gasteiger partial charge in [0.25, 0.3) is 0 Å². The Morgan fingerprint density at radius 2 is 1.46 bits per heavy atom. The molecule has 0 spiro atoms. The van der Waals surface area contributed by atoms with E-state index in [1.54, 1.807) is 0 Å². The fourth-order valence-electron chi connectivity index (χ4n) is 1.86. The summed E-state index contributed by atoms with van der Waals surface area (Å²) in [6, 6.07) is 10.5. The molecule has 0 saturated carbocycles. The summed E-state index contributed by atoms with van der Waals surface area (Å²) < 4.78 is 56.0. The van der Waals surface area contributed by atoms with E-state index in [2.05, 4.69) is 10.0 Å².